The number of carboxylic acid groups (broad SMARTS) is 1. The average molecular weight is 583 g/mol. The minimum absolute atomic E-state index is 0.113. The zero-order valence-corrected chi connectivity index (χ0v) is 19.5. The molecule has 1 atom stereocenters. The number of nitrogens with zero attached hydrogens (tertiary/aromatic N) is 2. The van der Waals surface area contributed by atoms with Crippen molar-refractivity contribution in [2.45, 2.75) is 32.1 Å². The number of ketones is 1. The third kappa shape index (κ3) is 5.86. The first-order valence-corrected chi connectivity index (χ1v) is 10.6. The van der Waals surface area contributed by atoms with E-state index in [4.69, 9.17) is 0 Å². The van der Waals surface area contributed by atoms with Gasteiger partial charge in [0.2, 0.25) is 0 Å². The van der Waals surface area contributed by atoms with Gasteiger partial charge in [-0.1, -0.05) is 15.9 Å². The maximum Gasteiger partial charge on any atom is 0.434 e. The molecule has 0 aliphatic heterocycles. The number of Topliss-reactive ketones (excluding diaryl/α,β-unsaturated/α-hetero) is 1. The molecule has 1 heterocycles. The standard InChI is InChI=1S/C22H14BrF7N2O4/c1-9-31-17(22(28,29)30)8-32(9)16-3-2-11(23)6-13(16)19(35)12(7-18(33)34)10-4-14(24)20(15(25)5-10)36-21(26)27/h2-6,8,12,21H,7H2,1H3,(H,33,34). The molecule has 2 aromatic carbocycles. The van der Waals surface area contributed by atoms with Gasteiger partial charge in [-0.15, -0.1) is 0 Å². The van der Waals surface area contributed by atoms with E-state index in [9.17, 15) is 45.4 Å². The average Bonchev–Trinajstić information content (AvgIpc) is 3.15. The molecule has 0 fully saturated rings. The summed E-state index contributed by atoms with van der Waals surface area (Å²) in [5.74, 6) is -9.10. The number of aliphatic carboxylic acids is 1. The lowest BCUT2D eigenvalue weighted by atomic mass is 9.87. The number of imidazole rings is 1. The fraction of sp³-hybridized carbons (Fsp3) is 0.227. The molecular formula is C22H14BrF7N2O4. The van der Waals surface area contributed by atoms with Crippen LogP contribution in [0.5, 0.6) is 5.75 Å². The fourth-order valence-corrected chi connectivity index (χ4v) is 3.84. The van der Waals surface area contributed by atoms with Gasteiger partial charge in [-0.3, -0.25) is 9.59 Å². The first-order valence-electron chi connectivity index (χ1n) is 9.82. The number of aromatic nitrogens is 2. The van der Waals surface area contributed by atoms with Crippen molar-refractivity contribution in [2.24, 2.45) is 0 Å². The number of hydrogen-bond donors (Lipinski definition) is 1. The summed E-state index contributed by atoms with van der Waals surface area (Å²) in [5.41, 5.74) is -2.17. The SMILES string of the molecule is Cc1nc(C(F)(F)F)cn1-c1ccc(Br)cc1C(=O)C(CC(=O)O)c1cc(F)c(OC(F)F)c(F)c1. The number of halogens is 8. The van der Waals surface area contributed by atoms with E-state index in [1.54, 1.807) is 0 Å². The summed E-state index contributed by atoms with van der Waals surface area (Å²) in [6.45, 7) is -2.31. The number of carbonyl (C=O) groups is 2. The minimum atomic E-state index is -4.79. The molecule has 0 bridgehead atoms. The quantitative estimate of drug-likeness (QED) is 0.250. The monoisotopic (exact) mass is 582 g/mol. The first-order chi connectivity index (χ1) is 16.7. The van der Waals surface area contributed by atoms with Gasteiger partial charge in [0.15, 0.2) is 28.9 Å². The van der Waals surface area contributed by atoms with Gasteiger partial charge in [0.1, 0.15) is 5.82 Å². The van der Waals surface area contributed by atoms with Crippen LogP contribution in [0.1, 0.15) is 39.8 Å². The van der Waals surface area contributed by atoms with E-state index in [1.165, 1.54) is 25.1 Å². The number of benzene rings is 2. The Bertz CT molecular complexity index is 1300. The van der Waals surface area contributed by atoms with Gasteiger partial charge in [-0.05, 0) is 42.8 Å². The Morgan fingerprint density at radius 1 is 1.14 bits per heavy atom. The summed E-state index contributed by atoms with van der Waals surface area (Å²) < 4.78 is 98.0. The van der Waals surface area contributed by atoms with Crippen LogP contribution in [0.3, 0.4) is 0 Å². The molecular weight excluding hydrogens is 569 g/mol. The van der Waals surface area contributed by atoms with Gasteiger partial charge >= 0.3 is 18.8 Å². The highest BCUT2D eigenvalue weighted by molar-refractivity contribution is 9.10. The summed E-state index contributed by atoms with van der Waals surface area (Å²) in [5, 5.41) is 9.32. The Morgan fingerprint density at radius 3 is 2.25 bits per heavy atom. The van der Waals surface area contributed by atoms with Crippen LogP contribution in [-0.2, 0) is 11.0 Å². The van der Waals surface area contributed by atoms with Gasteiger partial charge in [-0.25, -0.2) is 13.8 Å². The summed E-state index contributed by atoms with van der Waals surface area (Å²) >= 11 is 3.12. The van der Waals surface area contributed by atoms with Gasteiger partial charge in [-0.2, -0.15) is 22.0 Å². The molecule has 1 aromatic heterocycles. The highest BCUT2D eigenvalue weighted by Gasteiger charge is 2.35. The zero-order chi connectivity index (χ0) is 26.9. The van der Waals surface area contributed by atoms with E-state index in [-0.39, 0.29) is 21.5 Å². The van der Waals surface area contributed by atoms with Gasteiger partial charge in [0.25, 0.3) is 0 Å². The maximum atomic E-state index is 14.3. The van der Waals surface area contributed by atoms with Crippen molar-refractivity contribution >= 4 is 27.7 Å². The highest BCUT2D eigenvalue weighted by Crippen LogP contribution is 2.35. The number of alkyl halides is 5. The van der Waals surface area contributed by atoms with Crippen molar-refractivity contribution in [1.29, 1.82) is 0 Å². The number of carbonyl (C=O) groups excluding carboxylic acids is 1. The third-order valence-corrected chi connectivity index (χ3v) is 5.47. The smallest absolute Gasteiger partial charge is 0.434 e. The van der Waals surface area contributed by atoms with Crippen LogP contribution in [0.4, 0.5) is 30.7 Å². The lowest BCUT2D eigenvalue weighted by Gasteiger charge is -2.19. The number of aryl methyl sites for hydroxylation is 1. The summed E-state index contributed by atoms with van der Waals surface area (Å²) in [6.07, 6.45) is -5.13. The normalized spacial score (nSPS) is 12.6. The van der Waals surface area contributed by atoms with Gasteiger partial charge in [0.05, 0.1) is 18.0 Å². The number of carboxylic acids is 1. The fourth-order valence-electron chi connectivity index (χ4n) is 3.48. The zero-order valence-electron chi connectivity index (χ0n) is 17.9. The van der Waals surface area contributed by atoms with Gasteiger partial charge < -0.3 is 14.4 Å². The lowest BCUT2D eigenvalue weighted by Crippen LogP contribution is -2.20. The van der Waals surface area contributed by atoms with E-state index in [0.29, 0.717) is 18.3 Å². The molecule has 0 aliphatic rings. The van der Waals surface area contributed by atoms with Crippen molar-refractivity contribution in [3.63, 3.8) is 0 Å². The highest BCUT2D eigenvalue weighted by atomic mass is 79.9. The second-order valence-electron chi connectivity index (χ2n) is 7.41. The molecule has 1 unspecified atom stereocenters. The number of hydrogen-bond acceptors (Lipinski definition) is 4. The molecule has 3 aromatic rings. The summed E-state index contributed by atoms with van der Waals surface area (Å²) in [4.78, 5) is 28.4. The lowest BCUT2D eigenvalue weighted by molar-refractivity contribution is -0.141. The molecule has 3 rings (SSSR count). The third-order valence-electron chi connectivity index (χ3n) is 4.98. The number of rotatable bonds is 8. The first kappa shape index (κ1) is 27.2. The molecule has 6 nitrogen and oxygen atoms in total. The maximum absolute atomic E-state index is 14.3. The Labute approximate surface area is 206 Å². The van der Waals surface area contributed by atoms with Crippen LogP contribution < -0.4 is 4.74 Å². The van der Waals surface area contributed by atoms with Crippen molar-refractivity contribution in [1.82, 2.24) is 9.55 Å². The molecule has 0 spiro atoms. The van der Waals surface area contributed by atoms with E-state index < -0.39 is 65.5 Å². The molecule has 1 N–H and O–H groups in total. The van der Waals surface area contributed by atoms with E-state index in [1.807, 2.05) is 0 Å². The van der Waals surface area contributed by atoms with Crippen molar-refractivity contribution in [3.8, 4) is 11.4 Å². The predicted molar refractivity (Wildman–Crippen MR) is 113 cm³/mol. The second kappa shape index (κ2) is 10.3. The predicted octanol–water partition coefficient (Wildman–Crippen LogP) is 6.28. The molecule has 192 valence electrons. The largest absolute Gasteiger partial charge is 0.481 e. The van der Waals surface area contributed by atoms with E-state index in [2.05, 4.69) is 25.7 Å². The Hall–Kier alpha value is -3.42. The Morgan fingerprint density at radius 2 is 1.75 bits per heavy atom. The second-order valence-corrected chi connectivity index (χ2v) is 8.33. The van der Waals surface area contributed by atoms with Crippen LogP contribution in [0.15, 0.2) is 41.0 Å². The molecule has 0 radical (unpaired) electrons. The molecule has 14 heteroatoms. The van der Waals surface area contributed by atoms with Crippen LogP contribution in [0, 0.1) is 18.6 Å². The van der Waals surface area contributed by atoms with E-state index in [0.717, 1.165) is 4.57 Å². The van der Waals surface area contributed by atoms with Crippen LogP contribution in [0.25, 0.3) is 5.69 Å². The molecule has 36 heavy (non-hydrogen) atoms. The Balaban J connectivity index is 2.16. The molecule has 0 saturated heterocycles. The van der Waals surface area contributed by atoms with Crippen molar-refractivity contribution in [3.05, 3.63) is 75.3 Å². The Kier molecular flexibility index (Phi) is 7.76. The van der Waals surface area contributed by atoms with Crippen LogP contribution in [0.2, 0.25) is 0 Å². The molecule has 0 aliphatic carbocycles. The summed E-state index contributed by atoms with van der Waals surface area (Å²) in [6, 6.07) is 4.83. The summed E-state index contributed by atoms with van der Waals surface area (Å²) in [7, 11) is 0. The minimum Gasteiger partial charge on any atom is -0.481 e. The topological polar surface area (TPSA) is 81.4 Å². The molecule has 0 saturated carbocycles. The van der Waals surface area contributed by atoms with Gasteiger partial charge in [0, 0.05) is 16.2 Å². The van der Waals surface area contributed by atoms with Crippen molar-refractivity contribution in [2.75, 3.05) is 0 Å². The van der Waals surface area contributed by atoms with Crippen LogP contribution >= 0.6 is 15.9 Å². The molecule has 0 amide bonds. The van der Waals surface area contributed by atoms with Crippen LogP contribution in [-0.4, -0.2) is 33.0 Å². The van der Waals surface area contributed by atoms with Crippen molar-refractivity contribution < 1.29 is 50.2 Å². The van der Waals surface area contributed by atoms with E-state index >= 15 is 0 Å². The number of ether oxygens (including phenoxy) is 1.